The summed E-state index contributed by atoms with van der Waals surface area (Å²) in [5, 5.41) is 12.5. The molecule has 0 unspecified atom stereocenters. The highest BCUT2D eigenvalue weighted by Crippen LogP contribution is 2.22. The van der Waals surface area contributed by atoms with Crippen LogP contribution in [0.5, 0.6) is 5.75 Å². The molecule has 1 atom stereocenters. The maximum absolute atomic E-state index is 9.06. The molecular weight excluding hydrogens is 240 g/mol. The van der Waals surface area contributed by atoms with Gasteiger partial charge in [0.1, 0.15) is 5.75 Å². The molecule has 1 aliphatic rings. The van der Waals surface area contributed by atoms with Crippen LogP contribution in [-0.2, 0) is 0 Å². The Kier molecular flexibility index (Phi) is 5.05. The van der Waals surface area contributed by atoms with Crippen molar-refractivity contribution in [1.82, 2.24) is 5.32 Å². The standard InChI is InChI=1S/C15H24N2O2/c1-12(11-18)16-13-7-9-17(10-8-13)14-3-5-15(19-2)6-4-14/h3-6,12-13,16,18H,7-11H2,1-2H3/t12-/m1/s1. The van der Waals surface area contributed by atoms with Gasteiger partial charge in [-0.1, -0.05) is 0 Å². The predicted octanol–water partition coefficient (Wildman–Crippen LogP) is 1.63. The quantitative estimate of drug-likeness (QED) is 0.848. The fourth-order valence-corrected chi connectivity index (χ4v) is 2.55. The number of anilines is 1. The molecule has 2 rings (SSSR count). The zero-order valence-electron chi connectivity index (χ0n) is 11.8. The maximum atomic E-state index is 9.06. The molecule has 2 N–H and O–H groups in total. The minimum atomic E-state index is 0.192. The number of methoxy groups -OCH3 is 1. The summed E-state index contributed by atoms with van der Waals surface area (Å²) in [6.45, 7) is 4.35. The van der Waals surface area contributed by atoms with E-state index in [9.17, 15) is 0 Å². The van der Waals surface area contributed by atoms with E-state index in [2.05, 4.69) is 22.3 Å². The summed E-state index contributed by atoms with van der Waals surface area (Å²) < 4.78 is 5.18. The van der Waals surface area contributed by atoms with Crippen LogP contribution in [0, 0.1) is 0 Å². The summed E-state index contributed by atoms with van der Waals surface area (Å²) in [4.78, 5) is 2.40. The maximum Gasteiger partial charge on any atom is 0.119 e. The molecule has 1 saturated heterocycles. The summed E-state index contributed by atoms with van der Waals surface area (Å²) in [7, 11) is 1.69. The molecule has 0 amide bonds. The van der Waals surface area contributed by atoms with Gasteiger partial charge in [-0.15, -0.1) is 0 Å². The Morgan fingerprint density at radius 2 is 1.95 bits per heavy atom. The summed E-state index contributed by atoms with van der Waals surface area (Å²) in [5.41, 5.74) is 1.26. The van der Waals surface area contributed by atoms with E-state index < -0.39 is 0 Å². The van der Waals surface area contributed by atoms with Gasteiger partial charge in [0.05, 0.1) is 13.7 Å². The highest BCUT2D eigenvalue weighted by Gasteiger charge is 2.20. The van der Waals surface area contributed by atoms with E-state index in [1.165, 1.54) is 5.69 Å². The van der Waals surface area contributed by atoms with Crippen LogP contribution < -0.4 is 15.0 Å². The highest BCUT2D eigenvalue weighted by atomic mass is 16.5. The average Bonchev–Trinajstić information content (AvgIpc) is 2.48. The lowest BCUT2D eigenvalue weighted by Gasteiger charge is -2.35. The second kappa shape index (κ2) is 6.78. The lowest BCUT2D eigenvalue weighted by molar-refractivity contribution is 0.233. The molecule has 1 aromatic carbocycles. The Bertz CT molecular complexity index is 372. The molecule has 0 radical (unpaired) electrons. The van der Waals surface area contributed by atoms with Gasteiger partial charge in [0.15, 0.2) is 0 Å². The van der Waals surface area contributed by atoms with Crippen LogP contribution in [0.2, 0.25) is 0 Å². The van der Waals surface area contributed by atoms with Gasteiger partial charge in [-0.25, -0.2) is 0 Å². The zero-order chi connectivity index (χ0) is 13.7. The van der Waals surface area contributed by atoms with Gasteiger partial charge in [0.25, 0.3) is 0 Å². The SMILES string of the molecule is COc1ccc(N2CCC(N[C@H](C)CO)CC2)cc1. The van der Waals surface area contributed by atoms with Crippen molar-refractivity contribution in [3.8, 4) is 5.75 Å². The largest absolute Gasteiger partial charge is 0.497 e. The number of rotatable bonds is 5. The summed E-state index contributed by atoms with van der Waals surface area (Å²) in [6, 6.07) is 8.96. The Labute approximate surface area is 115 Å². The lowest BCUT2D eigenvalue weighted by Crippen LogP contribution is -2.46. The molecule has 0 aromatic heterocycles. The fourth-order valence-electron chi connectivity index (χ4n) is 2.55. The normalized spacial score (nSPS) is 18.4. The third-order valence-corrected chi connectivity index (χ3v) is 3.73. The number of aliphatic hydroxyl groups is 1. The average molecular weight is 264 g/mol. The third kappa shape index (κ3) is 3.85. The minimum Gasteiger partial charge on any atom is -0.497 e. The molecule has 0 saturated carbocycles. The Morgan fingerprint density at radius 3 is 2.47 bits per heavy atom. The van der Waals surface area contributed by atoms with Crippen LogP contribution in [0.25, 0.3) is 0 Å². The van der Waals surface area contributed by atoms with Crippen molar-refractivity contribution in [2.24, 2.45) is 0 Å². The smallest absolute Gasteiger partial charge is 0.119 e. The van der Waals surface area contributed by atoms with Crippen molar-refractivity contribution in [3.63, 3.8) is 0 Å². The summed E-state index contributed by atoms with van der Waals surface area (Å²) >= 11 is 0. The van der Waals surface area contributed by atoms with Crippen molar-refractivity contribution >= 4 is 5.69 Å². The Morgan fingerprint density at radius 1 is 1.32 bits per heavy atom. The van der Waals surface area contributed by atoms with Crippen molar-refractivity contribution < 1.29 is 9.84 Å². The van der Waals surface area contributed by atoms with Gasteiger partial charge in [-0.05, 0) is 44.0 Å². The topological polar surface area (TPSA) is 44.7 Å². The number of hydrogen-bond acceptors (Lipinski definition) is 4. The molecule has 1 aliphatic heterocycles. The first kappa shape index (κ1) is 14.2. The summed E-state index contributed by atoms with van der Waals surface area (Å²) in [5.74, 6) is 0.900. The highest BCUT2D eigenvalue weighted by molar-refractivity contribution is 5.49. The van der Waals surface area contributed by atoms with Gasteiger partial charge >= 0.3 is 0 Å². The Balaban J connectivity index is 1.85. The fraction of sp³-hybridized carbons (Fsp3) is 0.600. The van der Waals surface area contributed by atoms with Crippen LogP contribution in [0.3, 0.4) is 0 Å². The van der Waals surface area contributed by atoms with Crippen molar-refractivity contribution in [2.75, 3.05) is 31.7 Å². The first-order chi connectivity index (χ1) is 9.22. The van der Waals surface area contributed by atoms with E-state index in [1.807, 2.05) is 19.1 Å². The molecular formula is C15H24N2O2. The van der Waals surface area contributed by atoms with Gasteiger partial charge in [0.2, 0.25) is 0 Å². The molecule has 1 fully saturated rings. The van der Waals surface area contributed by atoms with Crippen LogP contribution >= 0.6 is 0 Å². The van der Waals surface area contributed by atoms with Gasteiger partial charge in [-0.3, -0.25) is 0 Å². The molecule has 0 spiro atoms. The van der Waals surface area contributed by atoms with E-state index in [1.54, 1.807) is 7.11 Å². The number of nitrogens with one attached hydrogen (secondary N) is 1. The first-order valence-electron chi connectivity index (χ1n) is 6.99. The number of ether oxygens (including phenoxy) is 1. The number of hydrogen-bond donors (Lipinski definition) is 2. The van der Waals surface area contributed by atoms with E-state index in [4.69, 9.17) is 9.84 Å². The molecule has 0 bridgehead atoms. The third-order valence-electron chi connectivity index (χ3n) is 3.73. The monoisotopic (exact) mass is 264 g/mol. The van der Waals surface area contributed by atoms with Crippen LogP contribution in [-0.4, -0.2) is 44.0 Å². The second-order valence-corrected chi connectivity index (χ2v) is 5.21. The van der Waals surface area contributed by atoms with Crippen molar-refractivity contribution in [3.05, 3.63) is 24.3 Å². The van der Waals surface area contributed by atoms with Crippen molar-refractivity contribution in [1.29, 1.82) is 0 Å². The lowest BCUT2D eigenvalue weighted by atomic mass is 10.0. The molecule has 1 aromatic rings. The van der Waals surface area contributed by atoms with Crippen LogP contribution in [0.15, 0.2) is 24.3 Å². The van der Waals surface area contributed by atoms with Crippen molar-refractivity contribution in [2.45, 2.75) is 31.8 Å². The second-order valence-electron chi connectivity index (χ2n) is 5.21. The number of nitrogens with zero attached hydrogens (tertiary/aromatic N) is 1. The van der Waals surface area contributed by atoms with Gasteiger partial charge in [0, 0.05) is 30.9 Å². The molecule has 1 heterocycles. The number of piperidine rings is 1. The molecule has 106 valence electrons. The van der Waals surface area contributed by atoms with E-state index in [-0.39, 0.29) is 12.6 Å². The zero-order valence-corrected chi connectivity index (χ0v) is 11.8. The van der Waals surface area contributed by atoms with Crippen LogP contribution in [0.4, 0.5) is 5.69 Å². The van der Waals surface area contributed by atoms with E-state index in [0.717, 1.165) is 31.7 Å². The first-order valence-corrected chi connectivity index (χ1v) is 6.99. The van der Waals surface area contributed by atoms with Gasteiger partial charge < -0.3 is 20.1 Å². The van der Waals surface area contributed by atoms with E-state index >= 15 is 0 Å². The predicted molar refractivity (Wildman–Crippen MR) is 77.9 cm³/mol. The molecule has 4 heteroatoms. The molecule has 19 heavy (non-hydrogen) atoms. The number of benzene rings is 1. The molecule has 4 nitrogen and oxygen atoms in total. The Hall–Kier alpha value is -1.26. The van der Waals surface area contributed by atoms with Crippen LogP contribution in [0.1, 0.15) is 19.8 Å². The minimum absolute atomic E-state index is 0.192. The van der Waals surface area contributed by atoms with Gasteiger partial charge in [-0.2, -0.15) is 0 Å². The summed E-state index contributed by atoms with van der Waals surface area (Å²) in [6.07, 6.45) is 2.24. The number of aliphatic hydroxyl groups excluding tert-OH is 1. The molecule has 0 aliphatic carbocycles. The van der Waals surface area contributed by atoms with E-state index in [0.29, 0.717) is 6.04 Å².